The van der Waals surface area contributed by atoms with Crippen molar-refractivity contribution >= 4 is 21.7 Å². The summed E-state index contributed by atoms with van der Waals surface area (Å²) < 4.78 is 27.9. The molecule has 2 aliphatic rings. The summed E-state index contributed by atoms with van der Waals surface area (Å²) in [5.74, 6) is 1.25. The van der Waals surface area contributed by atoms with Gasteiger partial charge in [0.2, 0.25) is 11.2 Å². The second kappa shape index (κ2) is 6.76. The largest absolute Gasteiger partial charge is 0.456 e. The summed E-state index contributed by atoms with van der Waals surface area (Å²) in [6.45, 7) is 4.41. The number of pyridine rings is 1. The maximum absolute atomic E-state index is 14.1. The zero-order chi connectivity index (χ0) is 20.2. The molecule has 150 valence electrons. The lowest BCUT2D eigenvalue weighted by atomic mass is 9.95. The molecule has 30 heavy (non-hydrogen) atoms. The smallest absolute Gasteiger partial charge is 0.228 e. The summed E-state index contributed by atoms with van der Waals surface area (Å²) in [6.07, 6.45) is 0. The number of aromatic nitrogens is 1. The maximum Gasteiger partial charge on any atom is 0.228 e. The molecule has 0 aliphatic carbocycles. The van der Waals surface area contributed by atoms with E-state index in [1.807, 2.05) is 12.1 Å². The van der Waals surface area contributed by atoms with E-state index in [1.165, 1.54) is 17.0 Å². The Morgan fingerprint density at radius 3 is 2.70 bits per heavy atom. The van der Waals surface area contributed by atoms with Gasteiger partial charge < -0.3 is 9.47 Å². The third-order valence-corrected chi connectivity index (χ3v) is 6.24. The van der Waals surface area contributed by atoms with Crippen LogP contribution < -0.4 is 9.30 Å². The van der Waals surface area contributed by atoms with Crippen molar-refractivity contribution in [2.24, 2.45) is 7.05 Å². The van der Waals surface area contributed by atoms with E-state index in [4.69, 9.17) is 9.47 Å². The Bertz CT molecular complexity index is 1310. The van der Waals surface area contributed by atoms with Crippen LogP contribution in [0.15, 0.2) is 54.6 Å². The molecule has 1 aromatic heterocycles. The van der Waals surface area contributed by atoms with E-state index in [2.05, 4.69) is 40.8 Å². The molecule has 6 rings (SSSR count). The monoisotopic (exact) mass is 401 g/mol. The van der Waals surface area contributed by atoms with Crippen molar-refractivity contribution in [2.45, 2.75) is 6.54 Å². The van der Waals surface area contributed by atoms with Gasteiger partial charge in [0.15, 0.2) is 0 Å². The van der Waals surface area contributed by atoms with Crippen molar-refractivity contribution in [3.63, 3.8) is 0 Å². The van der Waals surface area contributed by atoms with Crippen LogP contribution in [0, 0.1) is 5.82 Å². The van der Waals surface area contributed by atoms with Crippen LogP contribution in [0.5, 0.6) is 11.5 Å². The second-order valence-corrected chi connectivity index (χ2v) is 8.07. The number of hydrogen-bond acceptors (Lipinski definition) is 3. The van der Waals surface area contributed by atoms with Gasteiger partial charge in [0.1, 0.15) is 24.4 Å². The summed E-state index contributed by atoms with van der Waals surface area (Å²) in [6, 6.07) is 17.6. The minimum atomic E-state index is -0.258. The topological polar surface area (TPSA) is 25.6 Å². The molecule has 4 nitrogen and oxygen atoms in total. The molecule has 4 aromatic rings. The number of ether oxygens (including phenoxy) is 2. The minimum Gasteiger partial charge on any atom is -0.456 e. The lowest BCUT2D eigenvalue weighted by Gasteiger charge is -2.26. The molecular formula is C25H22FN2O2+. The third-order valence-electron chi connectivity index (χ3n) is 6.24. The number of nitrogens with zero attached hydrogens (tertiary/aromatic N) is 2. The van der Waals surface area contributed by atoms with E-state index in [-0.39, 0.29) is 5.82 Å². The summed E-state index contributed by atoms with van der Waals surface area (Å²) >= 11 is 0. The molecule has 0 bridgehead atoms. The molecule has 0 saturated carbocycles. The molecule has 0 radical (unpaired) electrons. The Morgan fingerprint density at radius 1 is 0.967 bits per heavy atom. The van der Waals surface area contributed by atoms with Crippen LogP contribution in [0.2, 0.25) is 0 Å². The Hall–Kier alpha value is -3.02. The van der Waals surface area contributed by atoms with Crippen LogP contribution in [-0.4, -0.2) is 31.2 Å². The molecule has 1 fully saturated rings. The van der Waals surface area contributed by atoms with Gasteiger partial charge in [0.05, 0.1) is 29.5 Å². The van der Waals surface area contributed by atoms with Crippen molar-refractivity contribution < 1.29 is 18.4 Å². The van der Waals surface area contributed by atoms with Gasteiger partial charge in [0.25, 0.3) is 0 Å². The van der Waals surface area contributed by atoms with Crippen LogP contribution >= 0.6 is 0 Å². The zero-order valence-electron chi connectivity index (χ0n) is 16.8. The molecule has 0 amide bonds. The average Bonchev–Trinajstić information content (AvgIpc) is 2.77. The van der Waals surface area contributed by atoms with E-state index >= 15 is 0 Å². The number of fused-ring (bicyclic) bond motifs is 4. The molecule has 2 aliphatic heterocycles. The molecule has 5 heteroatoms. The van der Waals surface area contributed by atoms with Crippen molar-refractivity contribution in [2.75, 3.05) is 26.3 Å². The molecule has 3 aromatic carbocycles. The van der Waals surface area contributed by atoms with Crippen molar-refractivity contribution in [1.82, 2.24) is 4.90 Å². The SMILES string of the molecule is C[n+]1c2c3c(cccc3c3ccc(CN4CCOCC4)cc31)Oc1ccc(F)cc1-2. The van der Waals surface area contributed by atoms with Gasteiger partial charge in [0, 0.05) is 31.1 Å². The Labute approximate surface area is 174 Å². The predicted octanol–water partition coefficient (Wildman–Crippen LogP) is 4.56. The van der Waals surface area contributed by atoms with Gasteiger partial charge in [-0.15, -0.1) is 0 Å². The second-order valence-electron chi connectivity index (χ2n) is 8.07. The zero-order valence-corrected chi connectivity index (χ0v) is 16.8. The standard InChI is InChI=1S/C25H22FN2O2/c1-27-21-13-16(15-28-9-11-29-12-10-28)5-7-18(21)19-3-2-4-23-24(19)25(27)20-14-17(26)6-8-22(20)30-23/h2-8,13-14H,9-12,15H2,1H3/q+1. The normalized spacial score (nSPS) is 15.9. The summed E-state index contributed by atoms with van der Waals surface area (Å²) in [5.41, 5.74) is 4.20. The van der Waals surface area contributed by atoms with Gasteiger partial charge in [-0.25, -0.2) is 4.39 Å². The summed E-state index contributed by atoms with van der Waals surface area (Å²) in [4.78, 5) is 2.42. The molecule has 0 atom stereocenters. The highest BCUT2D eigenvalue weighted by Gasteiger charge is 2.30. The van der Waals surface area contributed by atoms with Crippen LogP contribution in [0.3, 0.4) is 0 Å². The average molecular weight is 401 g/mol. The molecule has 0 N–H and O–H groups in total. The van der Waals surface area contributed by atoms with E-state index in [9.17, 15) is 4.39 Å². The van der Waals surface area contributed by atoms with E-state index in [0.29, 0.717) is 5.75 Å². The number of hydrogen-bond donors (Lipinski definition) is 0. The first kappa shape index (κ1) is 17.8. The lowest BCUT2D eigenvalue weighted by molar-refractivity contribution is -0.632. The first-order valence-corrected chi connectivity index (χ1v) is 10.3. The fourth-order valence-electron chi connectivity index (χ4n) is 4.78. The highest BCUT2D eigenvalue weighted by Crippen LogP contribution is 2.46. The molecule has 0 unspecified atom stereocenters. The molecule has 1 saturated heterocycles. The van der Waals surface area contributed by atoms with Gasteiger partial charge in [-0.1, -0.05) is 18.2 Å². The quantitative estimate of drug-likeness (QED) is 0.320. The number of halogens is 1. The third kappa shape index (κ3) is 2.70. The highest BCUT2D eigenvalue weighted by atomic mass is 19.1. The number of aryl methyl sites for hydroxylation is 1. The van der Waals surface area contributed by atoms with Crippen LogP contribution in [0.25, 0.3) is 32.9 Å². The van der Waals surface area contributed by atoms with Crippen molar-refractivity contribution in [1.29, 1.82) is 0 Å². The number of morpholine rings is 1. The van der Waals surface area contributed by atoms with E-state index < -0.39 is 0 Å². The maximum atomic E-state index is 14.1. The molecular weight excluding hydrogens is 379 g/mol. The van der Waals surface area contributed by atoms with E-state index in [1.54, 1.807) is 12.1 Å². The minimum absolute atomic E-state index is 0.258. The fourth-order valence-corrected chi connectivity index (χ4v) is 4.78. The molecule has 3 heterocycles. The summed E-state index contributed by atoms with van der Waals surface area (Å²) in [5, 5.41) is 3.34. The van der Waals surface area contributed by atoms with Crippen molar-refractivity contribution in [3.8, 4) is 22.8 Å². The summed E-state index contributed by atoms with van der Waals surface area (Å²) in [7, 11) is 2.06. The fraction of sp³-hybridized carbons (Fsp3) is 0.240. The first-order chi connectivity index (χ1) is 14.7. The van der Waals surface area contributed by atoms with Crippen LogP contribution in [-0.2, 0) is 18.3 Å². The van der Waals surface area contributed by atoms with Gasteiger partial charge in [-0.2, -0.15) is 4.57 Å². The highest BCUT2D eigenvalue weighted by molar-refractivity contribution is 6.12. The predicted molar refractivity (Wildman–Crippen MR) is 114 cm³/mol. The Morgan fingerprint density at radius 2 is 1.83 bits per heavy atom. The number of rotatable bonds is 2. The van der Waals surface area contributed by atoms with Crippen molar-refractivity contribution in [3.05, 3.63) is 66.0 Å². The van der Waals surface area contributed by atoms with Crippen LogP contribution in [0.4, 0.5) is 4.39 Å². The Kier molecular flexibility index (Phi) is 4.01. The van der Waals surface area contributed by atoms with Gasteiger partial charge in [-0.05, 0) is 35.9 Å². The van der Waals surface area contributed by atoms with Gasteiger partial charge >= 0.3 is 0 Å². The Balaban J connectivity index is 1.60. The number of benzene rings is 3. The van der Waals surface area contributed by atoms with Gasteiger partial charge in [-0.3, -0.25) is 4.90 Å². The lowest BCUT2D eigenvalue weighted by Crippen LogP contribution is -2.36. The molecule has 0 spiro atoms. The van der Waals surface area contributed by atoms with Crippen LogP contribution in [0.1, 0.15) is 5.56 Å². The van der Waals surface area contributed by atoms with E-state index in [0.717, 1.165) is 66.1 Å². The first-order valence-electron chi connectivity index (χ1n) is 10.3.